The number of rotatable bonds is 3. The Balaban J connectivity index is 2.32. The number of fused-ring (bicyclic) bond motifs is 1. The van der Waals surface area contributed by atoms with E-state index in [1.165, 1.54) is 12.1 Å². The zero-order chi connectivity index (χ0) is 12.4. The molecule has 1 aromatic carbocycles. The van der Waals surface area contributed by atoms with E-state index < -0.39 is 17.7 Å². The van der Waals surface area contributed by atoms with Gasteiger partial charge >= 0.3 is 5.97 Å². The Labute approximate surface area is 98.0 Å². The van der Waals surface area contributed by atoms with Gasteiger partial charge in [-0.15, -0.1) is 0 Å². The van der Waals surface area contributed by atoms with Gasteiger partial charge < -0.3 is 14.6 Å². The predicted molar refractivity (Wildman–Crippen MR) is 57.2 cm³/mol. The Bertz CT molecular complexity index is 444. The van der Waals surface area contributed by atoms with Crippen LogP contribution < -0.4 is 4.74 Å². The van der Waals surface area contributed by atoms with Crippen LogP contribution in [0.4, 0.5) is 4.39 Å². The summed E-state index contributed by atoms with van der Waals surface area (Å²) in [5.74, 6) is -1.32. The van der Waals surface area contributed by atoms with Crippen LogP contribution in [0.5, 0.6) is 5.75 Å². The van der Waals surface area contributed by atoms with Crippen molar-refractivity contribution in [2.45, 2.75) is 20.0 Å². The standard InChI is InChI=1S/C12H13FO4/c1-7(12(14)15)2-8-3-10(13)4-9-5-16-6-17-11(8)9/h3-4,7H,2,5-6H2,1H3,(H,14,15). The third kappa shape index (κ3) is 2.55. The van der Waals surface area contributed by atoms with E-state index in [2.05, 4.69) is 0 Å². The van der Waals surface area contributed by atoms with Gasteiger partial charge in [0.15, 0.2) is 6.79 Å². The number of carbonyl (C=O) groups is 1. The van der Waals surface area contributed by atoms with Crippen LogP contribution in [0.3, 0.4) is 0 Å². The number of benzene rings is 1. The van der Waals surface area contributed by atoms with E-state index in [4.69, 9.17) is 14.6 Å². The van der Waals surface area contributed by atoms with Crippen LogP contribution in [0, 0.1) is 11.7 Å². The summed E-state index contributed by atoms with van der Waals surface area (Å²) in [7, 11) is 0. The first-order valence-corrected chi connectivity index (χ1v) is 5.32. The van der Waals surface area contributed by atoms with Crippen molar-refractivity contribution in [1.82, 2.24) is 0 Å². The molecule has 1 aliphatic heterocycles. The van der Waals surface area contributed by atoms with Gasteiger partial charge in [0.25, 0.3) is 0 Å². The average Bonchev–Trinajstić information content (AvgIpc) is 2.28. The van der Waals surface area contributed by atoms with Gasteiger partial charge in [0, 0.05) is 5.56 Å². The molecule has 17 heavy (non-hydrogen) atoms. The molecule has 1 heterocycles. The van der Waals surface area contributed by atoms with Crippen LogP contribution in [-0.4, -0.2) is 17.9 Å². The molecule has 1 aromatic rings. The first-order valence-electron chi connectivity index (χ1n) is 5.32. The van der Waals surface area contributed by atoms with Crippen LogP contribution in [-0.2, 0) is 22.6 Å². The Morgan fingerprint density at radius 1 is 1.59 bits per heavy atom. The van der Waals surface area contributed by atoms with Gasteiger partial charge in [0.05, 0.1) is 12.5 Å². The SMILES string of the molecule is CC(Cc1cc(F)cc2c1OCOC2)C(=O)O. The molecule has 0 spiro atoms. The largest absolute Gasteiger partial charge is 0.481 e. The van der Waals surface area contributed by atoms with Crippen molar-refractivity contribution in [2.75, 3.05) is 6.79 Å². The lowest BCUT2D eigenvalue weighted by Gasteiger charge is -2.21. The van der Waals surface area contributed by atoms with Gasteiger partial charge in [0.1, 0.15) is 11.6 Å². The second-order valence-corrected chi connectivity index (χ2v) is 4.11. The highest BCUT2D eigenvalue weighted by Gasteiger charge is 2.20. The first kappa shape index (κ1) is 11.9. The minimum absolute atomic E-state index is 0.118. The van der Waals surface area contributed by atoms with Gasteiger partial charge in [-0.3, -0.25) is 4.79 Å². The van der Waals surface area contributed by atoms with Crippen LogP contribution in [0.2, 0.25) is 0 Å². The molecule has 5 heteroatoms. The van der Waals surface area contributed by atoms with Crippen molar-refractivity contribution >= 4 is 5.97 Å². The molecule has 1 unspecified atom stereocenters. The van der Waals surface area contributed by atoms with E-state index in [1.54, 1.807) is 6.92 Å². The number of carboxylic acid groups (broad SMARTS) is 1. The van der Waals surface area contributed by atoms with E-state index in [9.17, 15) is 9.18 Å². The lowest BCUT2D eigenvalue weighted by Crippen LogP contribution is -2.17. The highest BCUT2D eigenvalue weighted by molar-refractivity contribution is 5.70. The van der Waals surface area contributed by atoms with E-state index in [0.717, 1.165) is 0 Å². The second kappa shape index (κ2) is 4.71. The lowest BCUT2D eigenvalue weighted by atomic mass is 9.98. The molecule has 4 nitrogen and oxygen atoms in total. The van der Waals surface area contributed by atoms with Gasteiger partial charge in [-0.2, -0.15) is 0 Å². The predicted octanol–water partition coefficient (Wildman–Crippen LogP) is 1.96. The van der Waals surface area contributed by atoms with Crippen LogP contribution >= 0.6 is 0 Å². The summed E-state index contributed by atoms with van der Waals surface area (Å²) in [6.07, 6.45) is 0.245. The average molecular weight is 240 g/mol. The zero-order valence-corrected chi connectivity index (χ0v) is 9.40. The van der Waals surface area contributed by atoms with Crippen molar-refractivity contribution < 1.29 is 23.8 Å². The van der Waals surface area contributed by atoms with Gasteiger partial charge in [-0.25, -0.2) is 4.39 Å². The molecule has 92 valence electrons. The molecule has 1 N–H and O–H groups in total. The highest BCUT2D eigenvalue weighted by atomic mass is 19.1. The minimum atomic E-state index is -0.907. The molecule has 0 saturated heterocycles. The quantitative estimate of drug-likeness (QED) is 0.877. The fourth-order valence-corrected chi connectivity index (χ4v) is 1.83. The third-order valence-electron chi connectivity index (χ3n) is 2.70. The second-order valence-electron chi connectivity index (χ2n) is 4.11. The number of hydrogen-bond acceptors (Lipinski definition) is 3. The van der Waals surface area contributed by atoms with E-state index in [-0.39, 0.29) is 13.2 Å². The number of halogens is 1. The van der Waals surface area contributed by atoms with Gasteiger partial charge in [-0.05, 0) is 24.1 Å². The van der Waals surface area contributed by atoms with Gasteiger partial charge in [-0.1, -0.05) is 6.92 Å². The minimum Gasteiger partial charge on any atom is -0.481 e. The molecular weight excluding hydrogens is 227 g/mol. The molecule has 1 aliphatic rings. The smallest absolute Gasteiger partial charge is 0.306 e. The number of ether oxygens (including phenoxy) is 2. The monoisotopic (exact) mass is 240 g/mol. The van der Waals surface area contributed by atoms with Crippen molar-refractivity contribution in [2.24, 2.45) is 5.92 Å². The molecule has 0 aliphatic carbocycles. The van der Waals surface area contributed by atoms with E-state index >= 15 is 0 Å². The third-order valence-corrected chi connectivity index (χ3v) is 2.70. The maximum Gasteiger partial charge on any atom is 0.306 e. The van der Waals surface area contributed by atoms with Crippen molar-refractivity contribution in [3.63, 3.8) is 0 Å². The number of hydrogen-bond donors (Lipinski definition) is 1. The summed E-state index contributed by atoms with van der Waals surface area (Å²) in [6, 6.07) is 2.67. The van der Waals surface area contributed by atoms with Crippen molar-refractivity contribution in [3.8, 4) is 5.75 Å². The summed E-state index contributed by atoms with van der Waals surface area (Å²) in [5, 5.41) is 8.86. The first-order chi connectivity index (χ1) is 8.08. The summed E-state index contributed by atoms with van der Waals surface area (Å²) in [5.41, 5.74) is 1.21. The Kier molecular flexibility index (Phi) is 3.28. The van der Waals surface area contributed by atoms with Gasteiger partial charge in [0.2, 0.25) is 0 Å². The topological polar surface area (TPSA) is 55.8 Å². The van der Waals surface area contributed by atoms with Crippen LogP contribution in [0.25, 0.3) is 0 Å². The molecule has 0 radical (unpaired) electrons. The number of carboxylic acids is 1. The molecule has 0 saturated carbocycles. The van der Waals surface area contributed by atoms with Crippen LogP contribution in [0.1, 0.15) is 18.1 Å². The molecule has 0 amide bonds. The summed E-state index contributed by atoms with van der Waals surface area (Å²) < 4.78 is 23.7. The summed E-state index contributed by atoms with van der Waals surface area (Å²) in [6.45, 7) is 1.99. The zero-order valence-electron chi connectivity index (χ0n) is 9.40. The number of aliphatic carboxylic acids is 1. The maximum atomic E-state index is 13.3. The lowest BCUT2D eigenvalue weighted by molar-refractivity contribution is -0.141. The molecule has 2 rings (SSSR count). The highest BCUT2D eigenvalue weighted by Crippen LogP contribution is 2.31. The fourth-order valence-electron chi connectivity index (χ4n) is 1.83. The van der Waals surface area contributed by atoms with Crippen molar-refractivity contribution in [1.29, 1.82) is 0 Å². The van der Waals surface area contributed by atoms with E-state index in [0.29, 0.717) is 23.5 Å². The van der Waals surface area contributed by atoms with Crippen molar-refractivity contribution in [3.05, 3.63) is 29.1 Å². The molecule has 0 aromatic heterocycles. The Hall–Kier alpha value is -1.62. The Morgan fingerprint density at radius 3 is 3.06 bits per heavy atom. The summed E-state index contributed by atoms with van der Waals surface area (Å²) >= 11 is 0. The molecule has 0 fully saturated rings. The summed E-state index contributed by atoms with van der Waals surface area (Å²) in [4.78, 5) is 10.8. The van der Waals surface area contributed by atoms with Crippen LogP contribution in [0.15, 0.2) is 12.1 Å². The maximum absolute atomic E-state index is 13.3. The normalized spacial score (nSPS) is 15.9. The molecule has 1 atom stereocenters. The molecule has 0 bridgehead atoms. The van der Waals surface area contributed by atoms with E-state index in [1.807, 2.05) is 0 Å². The Morgan fingerprint density at radius 2 is 2.35 bits per heavy atom. The fraction of sp³-hybridized carbons (Fsp3) is 0.417. The molecular formula is C12H13FO4.